The normalized spacial score (nSPS) is 12.2. The maximum Gasteiger partial charge on any atom is 0.251 e. The van der Waals surface area contributed by atoms with Crippen molar-refractivity contribution in [2.45, 2.75) is 6.54 Å². The van der Waals surface area contributed by atoms with Gasteiger partial charge in [-0.15, -0.1) is 0 Å². The fourth-order valence-electron chi connectivity index (χ4n) is 1.82. The van der Waals surface area contributed by atoms with Gasteiger partial charge in [-0.3, -0.25) is 9.78 Å². The average molecular weight is 256 g/mol. The maximum atomic E-state index is 12.0. The summed E-state index contributed by atoms with van der Waals surface area (Å²) in [6.07, 6.45) is 3.39. The third-order valence-electron chi connectivity index (χ3n) is 2.84. The molecule has 0 bridgehead atoms. The smallest absolute Gasteiger partial charge is 0.251 e. The highest BCUT2D eigenvalue weighted by atomic mass is 16.7. The predicted octanol–water partition coefficient (Wildman–Crippen LogP) is 1.74. The molecule has 0 spiro atoms. The van der Waals surface area contributed by atoms with E-state index < -0.39 is 0 Å². The molecule has 0 aliphatic carbocycles. The van der Waals surface area contributed by atoms with Crippen molar-refractivity contribution in [1.82, 2.24) is 10.3 Å². The van der Waals surface area contributed by atoms with Crippen LogP contribution in [0.4, 0.5) is 0 Å². The van der Waals surface area contributed by atoms with E-state index >= 15 is 0 Å². The fourth-order valence-corrected chi connectivity index (χ4v) is 1.82. The van der Waals surface area contributed by atoms with E-state index in [2.05, 4.69) is 10.3 Å². The molecule has 2 aromatic rings. The molecule has 5 nitrogen and oxygen atoms in total. The van der Waals surface area contributed by atoms with E-state index in [1.165, 1.54) is 0 Å². The zero-order chi connectivity index (χ0) is 13.1. The van der Waals surface area contributed by atoms with Crippen molar-refractivity contribution in [2.24, 2.45) is 0 Å². The lowest BCUT2D eigenvalue weighted by Crippen LogP contribution is -2.22. The van der Waals surface area contributed by atoms with Gasteiger partial charge in [0.05, 0.1) is 0 Å². The van der Waals surface area contributed by atoms with Gasteiger partial charge in [-0.25, -0.2) is 0 Å². The molecule has 5 heteroatoms. The quantitative estimate of drug-likeness (QED) is 0.908. The van der Waals surface area contributed by atoms with Gasteiger partial charge in [0.15, 0.2) is 11.5 Å². The Morgan fingerprint density at radius 2 is 1.95 bits per heavy atom. The first-order valence-corrected chi connectivity index (χ1v) is 5.90. The minimum Gasteiger partial charge on any atom is -0.454 e. The van der Waals surface area contributed by atoms with Crippen molar-refractivity contribution in [3.8, 4) is 11.5 Å². The maximum absolute atomic E-state index is 12.0. The molecule has 1 aromatic carbocycles. The molecule has 1 amide bonds. The van der Waals surface area contributed by atoms with Crippen LogP contribution in [0.15, 0.2) is 42.7 Å². The zero-order valence-corrected chi connectivity index (χ0v) is 10.1. The first-order valence-electron chi connectivity index (χ1n) is 5.90. The Morgan fingerprint density at radius 1 is 1.16 bits per heavy atom. The molecule has 0 atom stereocenters. The van der Waals surface area contributed by atoms with E-state index in [-0.39, 0.29) is 12.7 Å². The third-order valence-corrected chi connectivity index (χ3v) is 2.84. The molecule has 1 N–H and O–H groups in total. The summed E-state index contributed by atoms with van der Waals surface area (Å²) in [7, 11) is 0. The second-order valence-corrected chi connectivity index (χ2v) is 4.11. The van der Waals surface area contributed by atoms with E-state index in [4.69, 9.17) is 9.47 Å². The molecule has 1 aliphatic rings. The molecule has 0 unspecified atom stereocenters. The average Bonchev–Trinajstić information content (AvgIpc) is 2.93. The summed E-state index contributed by atoms with van der Waals surface area (Å²) in [5.41, 5.74) is 1.56. The van der Waals surface area contributed by atoms with E-state index in [0.717, 1.165) is 5.56 Å². The predicted molar refractivity (Wildman–Crippen MR) is 68.0 cm³/mol. The van der Waals surface area contributed by atoms with Crippen LogP contribution in [0.5, 0.6) is 11.5 Å². The number of fused-ring (bicyclic) bond motifs is 1. The third kappa shape index (κ3) is 2.49. The number of nitrogens with one attached hydrogen (secondary N) is 1. The molecule has 3 rings (SSSR count). The van der Waals surface area contributed by atoms with Gasteiger partial charge in [-0.1, -0.05) is 0 Å². The number of hydrogen-bond donors (Lipinski definition) is 1. The summed E-state index contributed by atoms with van der Waals surface area (Å²) in [4.78, 5) is 15.9. The number of aromatic nitrogens is 1. The highest BCUT2D eigenvalue weighted by Crippen LogP contribution is 2.32. The van der Waals surface area contributed by atoms with Crippen molar-refractivity contribution < 1.29 is 14.3 Å². The summed E-state index contributed by atoms with van der Waals surface area (Å²) >= 11 is 0. The van der Waals surface area contributed by atoms with Crippen LogP contribution < -0.4 is 14.8 Å². The van der Waals surface area contributed by atoms with Gasteiger partial charge < -0.3 is 14.8 Å². The minimum atomic E-state index is -0.143. The lowest BCUT2D eigenvalue weighted by Gasteiger charge is -2.05. The molecule has 0 saturated carbocycles. The summed E-state index contributed by atoms with van der Waals surface area (Å²) in [5, 5.41) is 2.84. The number of amides is 1. The zero-order valence-electron chi connectivity index (χ0n) is 10.1. The number of hydrogen-bond acceptors (Lipinski definition) is 4. The molecule has 19 heavy (non-hydrogen) atoms. The number of carbonyl (C=O) groups is 1. The van der Waals surface area contributed by atoms with E-state index in [0.29, 0.717) is 23.6 Å². The summed E-state index contributed by atoms with van der Waals surface area (Å²) in [6, 6.07) is 8.86. The highest BCUT2D eigenvalue weighted by molar-refractivity contribution is 5.94. The number of nitrogens with zero attached hydrogens (tertiary/aromatic N) is 1. The van der Waals surface area contributed by atoms with E-state index in [9.17, 15) is 4.79 Å². The molecule has 0 saturated heterocycles. The van der Waals surface area contributed by atoms with Gasteiger partial charge in [0.25, 0.3) is 5.91 Å². The van der Waals surface area contributed by atoms with Crippen LogP contribution in [0.1, 0.15) is 15.9 Å². The van der Waals surface area contributed by atoms with Crippen LogP contribution >= 0.6 is 0 Å². The van der Waals surface area contributed by atoms with Crippen molar-refractivity contribution in [1.29, 1.82) is 0 Å². The summed E-state index contributed by atoms with van der Waals surface area (Å²) < 4.78 is 10.4. The number of ether oxygens (including phenoxy) is 2. The Bertz CT molecular complexity index is 599. The first kappa shape index (κ1) is 11.5. The fraction of sp³-hybridized carbons (Fsp3) is 0.143. The van der Waals surface area contributed by atoms with Crippen molar-refractivity contribution in [3.63, 3.8) is 0 Å². The van der Waals surface area contributed by atoms with Crippen LogP contribution in [0.3, 0.4) is 0 Å². The van der Waals surface area contributed by atoms with Gasteiger partial charge in [0.2, 0.25) is 6.79 Å². The van der Waals surface area contributed by atoms with Crippen LogP contribution in [0.2, 0.25) is 0 Å². The Labute approximate surface area is 110 Å². The van der Waals surface area contributed by atoms with Crippen molar-refractivity contribution in [2.75, 3.05) is 6.79 Å². The number of pyridine rings is 1. The van der Waals surface area contributed by atoms with Gasteiger partial charge >= 0.3 is 0 Å². The Morgan fingerprint density at radius 3 is 2.79 bits per heavy atom. The lowest BCUT2D eigenvalue weighted by atomic mass is 10.2. The summed E-state index contributed by atoms with van der Waals surface area (Å²) in [5.74, 6) is 1.14. The topological polar surface area (TPSA) is 60.5 Å². The Balaban J connectivity index is 1.67. The highest BCUT2D eigenvalue weighted by Gasteiger charge is 2.15. The number of benzene rings is 1. The molecule has 0 radical (unpaired) electrons. The van der Waals surface area contributed by atoms with Gasteiger partial charge in [0.1, 0.15) is 0 Å². The molecular formula is C14H12N2O3. The lowest BCUT2D eigenvalue weighted by molar-refractivity contribution is 0.0950. The Kier molecular flexibility index (Phi) is 3.02. The second kappa shape index (κ2) is 4.97. The van der Waals surface area contributed by atoms with E-state index in [1.807, 2.05) is 12.1 Å². The van der Waals surface area contributed by atoms with Crippen LogP contribution in [0, 0.1) is 0 Å². The number of rotatable bonds is 3. The molecule has 0 fully saturated rings. The van der Waals surface area contributed by atoms with E-state index in [1.54, 1.807) is 30.6 Å². The van der Waals surface area contributed by atoms with Gasteiger partial charge in [-0.05, 0) is 35.9 Å². The first-order chi connectivity index (χ1) is 9.33. The molecule has 1 aromatic heterocycles. The molecule has 1 aliphatic heterocycles. The Hall–Kier alpha value is -2.56. The molecular weight excluding hydrogens is 244 g/mol. The van der Waals surface area contributed by atoms with Crippen molar-refractivity contribution >= 4 is 5.91 Å². The van der Waals surface area contributed by atoms with Gasteiger partial charge in [-0.2, -0.15) is 0 Å². The summed E-state index contributed by atoms with van der Waals surface area (Å²) in [6.45, 7) is 0.674. The largest absolute Gasteiger partial charge is 0.454 e. The number of carbonyl (C=O) groups excluding carboxylic acids is 1. The SMILES string of the molecule is O=C(NCc1ccncc1)c1ccc2c(c1)OCO2. The van der Waals surface area contributed by atoms with Crippen LogP contribution in [-0.4, -0.2) is 17.7 Å². The molecule has 96 valence electrons. The van der Waals surface area contributed by atoms with Gasteiger partial charge in [0, 0.05) is 24.5 Å². The standard InChI is InChI=1S/C14H12N2O3/c17-14(16-8-10-3-5-15-6-4-10)11-1-2-12-13(7-11)19-9-18-12/h1-7H,8-9H2,(H,16,17). The minimum absolute atomic E-state index is 0.143. The monoisotopic (exact) mass is 256 g/mol. The van der Waals surface area contributed by atoms with Crippen LogP contribution in [0.25, 0.3) is 0 Å². The second-order valence-electron chi connectivity index (χ2n) is 4.11. The van der Waals surface area contributed by atoms with Crippen LogP contribution in [-0.2, 0) is 6.54 Å². The molecule has 2 heterocycles. The van der Waals surface area contributed by atoms with Crippen molar-refractivity contribution in [3.05, 3.63) is 53.9 Å².